The van der Waals surface area contributed by atoms with E-state index in [1.807, 2.05) is 0 Å². The van der Waals surface area contributed by atoms with Crippen LogP contribution in [0.1, 0.15) is 32.1 Å². The molecule has 13 heavy (non-hydrogen) atoms. The Balaban J connectivity index is 1.88. The number of piperidine rings is 2. The summed E-state index contributed by atoms with van der Waals surface area (Å²) in [5.41, 5.74) is 0. The Labute approximate surface area is 80.1 Å². The van der Waals surface area contributed by atoms with Crippen molar-refractivity contribution < 1.29 is 5.06 Å². The Bertz CT molecular complexity index is 157. The average molecular weight is 184 g/mol. The molecule has 2 N–H and O–H groups in total. The minimum Gasteiger partial charge on any atom is -0.634 e. The third-order valence-electron chi connectivity index (χ3n) is 3.55. The number of hydrogen-bond acceptors (Lipinski definition) is 2. The molecule has 76 valence electrons. The highest BCUT2D eigenvalue weighted by Gasteiger charge is 2.29. The molecule has 0 aromatic heterocycles. The highest BCUT2D eigenvalue weighted by atomic mass is 16.5. The maximum absolute atomic E-state index is 11.7. The van der Waals surface area contributed by atoms with Gasteiger partial charge in [-0.2, -0.15) is 0 Å². The van der Waals surface area contributed by atoms with Crippen LogP contribution in [0.2, 0.25) is 0 Å². The van der Waals surface area contributed by atoms with Crippen molar-refractivity contribution in [3.63, 3.8) is 0 Å². The van der Waals surface area contributed by atoms with Gasteiger partial charge in [-0.25, -0.2) is 0 Å². The van der Waals surface area contributed by atoms with Crippen LogP contribution in [0.3, 0.4) is 0 Å². The van der Waals surface area contributed by atoms with E-state index in [4.69, 9.17) is 0 Å². The quantitative estimate of drug-likeness (QED) is 0.560. The van der Waals surface area contributed by atoms with Gasteiger partial charge in [-0.15, -0.1) is 0 Å². The lowest BCUT2D eigenvalue weighted by Gasteiger charge is -2.41. The van der Waals surface area contributed by atoms with E-state index in [0.717, 1.165) is 26.1 Å². The fourth-order valence-corrected chi connectivity index (χ4v) is 2.76. The summed E-state index contributed by atoms with van der Waals surface area (Å²) in [6.07, 6.45) is 6.02. The van der Waals surface area contributed by atoms with Crippen LogP contribution in [-0.4, -0.2) is 25.7 Å². The first kappa shape index (κ1) is 9.44. The summed E-state index contributed by atoms with van der Waals surface area (Å²) in [5.74, 6) is 0.703. The molecule has 2 aliphatic rings. The van der Waals surface area contributed by atoms with Crippen molar-refractivity contribution in [3.05, 3.63) is 5.21 Å². The van der Waals surface area contributed by atoms with Gasteiger partial charge >= 0.3 is 0 Å². The maximum Gasteiger partial charge on any atom is 0.0901 e. The Morgan fingerprint density at radius 1 is 1.08 bits per heavy atom. The maximum atomic E-state index is 11.7. The van der Waals surface area contributed by atoms with Crippen molar-refractivity contribution in [3.8, 4) is 0 Å². The molecule has 0 saturated carbocycles. The second-order valence-corrected chi connectivity index (χ2v) is 4.41. The lowest BCUT2D eigenvalue weighted by molar-refractivity contribution is -0.886. The summed E-state index contributed by atoms with van der Waals surface area (Å²) in [4.78, 5) is 0. The summed E-state index contributed by atoms with van der Waals surface area (Å²) < 4.78 is 0. The molecular weight excluding hydrogens is 164 g/mol. The molecule has 0 aliphatic carbocycles. The minimum atomic E-state index is 0.427. The lowest BCUT2D eigenvalue weighted by Crippen LogP contribution is -3.13. The van der Waals surface area contributed by atoms with E-state index in [9.17, 15) is 5.21 Å². The number of rotatable bonds is 1. The molecular formula is C10H20N2O. The summed E-state index contributed by atoms with van der Waals surface area (Å²) in [5, 5.41) is 15.6. The first-order chi connectivity index (χ1) is 6.38. The van der Waals surface area contributed by atoms with Gasteiger partial charge in [0.05, 0.1) is 12.6 Å². The van der Waals surface area contributed by atoms with E-state index in [1.165, 1.54) is 25.7 Å². The highest BCUT2D eigenvalue weighted by Crippen LogP contribution is 2.19. The summed E-state index contributed by atoms with van der Waals surface area (Å²) in [6.45, 7) is 3.09. The largest absolute Gasteiger partial charge is 0.634 e. The van der Waals surface area contributed by atoms with Crippen LogP contribution in [0.25, 0.3) is 0 Å². The van der Waals surface area contributed by atoms with E-state index >= 15 is 0 Å². The Morgan fingerprint density at radius 3 is 2.54 bits per heavy atom. The number of quaternary nitrogens is 1. The third kappa shape index (κ3) is 2.22. The summed E-state index contributed by atoms with van der Waals surface area (Å²) in [7, 11) is 0. The molecule has 0 radical (unpaired) electrons. The van der Waals surface area contributed by atoms with Gasteiger partial charge in [-0.1, -0.05) is 0 Å². The zero-order chi connectivity index (χ0) is 9.10. The average Bonchev–Trinajstić information content (AvgIpc) is 2.20. The zero-order valence-corrected chi connectivity index (χ0v) is 8.22. The fourth-order valence-electron chi connectivity index (χ4n) is 2.76. The van der Waals surface area contributed by atoms with E-state index in [-0.39, 0.29) is 0 Å². The van der Waals surface area contributed by atoms with Gasteiger partial charge in [0.1, 0.15) is 0 Å². The molecule has 2 unspecified atom stereocenters. The standard InChI is InChI=1S/C10H20N2O/c13-12-8-2-1-3-10(12)9-4-6-11-7-5-9/h9-12H,1-8H2. The van der Waals surface area contributed by atoms with Crippen LogP contribution < -0.4 is 10.4 Å². The molecule has 0 amide bonds. The molecule has 3 nitrogen and oxygen atoms in total. The summed E-state index contributed by atoms with van der Waals surface area (Å²) in [6, 6.07) is 0.427. The van der Waals surface area contributed by atoms with Crippen molar-refractivity contribution in [1.82, 2.24) is 5.32 Å². The Morgan fingerprint density at radius 2 is 1.85 bits per heavy atom. The molecule has 2 fully saturated rings. The van der Waals surface area contributed by atoms with Crippen LogP contribution in [0.4, 0.5) is 0 Å². The van der Waals surface area contributed by atoms with Crippen molar-refractivity contribution in [1.29, 1.82) is 0 Å². The summed E-state index contributed by atoms with van der Waals surface area (Å²) >= 11 is 0. The molecule has 0 spiro atoms. The Hall–Kier alpha value is -0.120. The van der Waals surface area contributed by atoms with Crippen molar-refractivity contribution in [2.75, 3.05) is 19.6 Å². The van der Waals surface area contributed by atoms with Crippen LogP contribution in [0.5, 0.6) is 0 Å². The van der Waals surface area contributed by atoms with Crippen molar-refractivity contribution >= 4 is 0 Å². The smallest absolute Gasteiger partial charge is 0.0901 e. The predicted molar refractivity (Wildman–Crippen MR) is 52.4 cm³/mol. The van der Waals surface area contributed by atoms with Crippen LogP contribution >= 0.6 is 0 Å². The molecule has 3 heteroatoms. The number of nitrogens with one attached hydrogen (secondary N) is 2. The number of hydrogen-bond donors (Lipinski definition) is 2. The van der Waals surface area contributed by atoms with Gasteiger partial charge in [0.25, 0.3) is 0 Å². The van der Waals surface area contributed by atoms with Gasteiger partial charge < -0.3 is 15.6 Å². The van der Waals surface area contributed by atoms with E-state index in [1.54, 1.807) is 0 Å². The van der Waals surface area contributed by atoms with Crippen LogP contribution in [0.15, 0.2) is 0 Å². The molecule has 2 saturated heterocycles. The van der Waals surface area contributed by atoms with Gasteiger partial charge in [0.2, 0.25) is 0 Å². The van der Waals surface area contributed by atoms with Crippen LogP contribution in [-0.2, 0) is 0 Å². The fraction of sp³-hybridized carbons (Fsp3) is 1.00. The zero-order valence-electron chi connectivity index (χ0n) is 8.22. The first-order valence-corrected chi connectivity index (χ1v) is 5.61. The second kappa shape index (κ2) is 4.40. The molecule has 2 aliphatic heterocycles. The molecule has 0 bridgehead atoms. The molecule has 2 atom stereocenters. The Kier molecular flexibility index (Phi) is 3.19. The van der Waals surface area contributed by atoms with E-state index < -0.39 is 0 Å². The van der Waals surface area contributed by atoms with Gasteiger partial charge in [0, 0.05) is 12.3 Å². The van der Waals surface area contributed by atoms with Crippen molar-refractivity contribution in [2.45, 2.75) is 38.1 Å². The topological polar surface area (TPSA) is 39.5 Å². The van der Waals surface area contributed by atoms with Gasteiger partial charge in [0.15, 0.2) is 0 Å². The molecule has 0 aromatic carbocycles. The molecule has 0 aromatic rings. The SMILES string of the molecule is [O-][NH+]1CCCCC1C1CCNCC1. The van der Waals surface area contributed by atoms with E-state index in [0.29, 0.717) is 17.0 Å². The highest BCUT2D eigenvalue weighted by molar-refractivity contribution is 4.77. The van der Waals surface area contributed by atoms with Crippen molar-refractivity contribution in [2.24, 2.45) is 5.92 Å². The predicted octanol–water partition coefficient (Wildman–Crippen LogP) is -0.0788. The molecule has 2 rings (SSSR count). The van der Waals surface area contributed by atoms with Gasteiger partial charge in [-0.05, 0) is 38.8 Å². The lowest BCUT2D eigenvalue weighted by atomic mass is 9.85. The van der Waals surface area contributed by atoms with Crippen LogP contribution in [0, 0.1) is 11.1 Å². The van der Waals surface area contributed by atoms with E-state index in [2.05, 4.69) is 5.32 Å². The number of hydroxylamine groups is 2. The van der Waals surface area contributed by atoms with Gasteiger partial charge in [-0.3, -0.25) is 0 Å². The molecule has 2 heterocycles. The normalized spacial score (nSPS) is 37.6. The first-order valence-electron chi connectivity index (χ1n) is 5.61. The minimum absolute atomic E-state index is 0.427. The monoisotopic (exact) mass is 184 g/mol. The second-order valence-electron chi connectivity index (χ2n) is 4.41. The third-order valence-corrected chi connectivity index (χ3v) is 3.55.